The lowest BCUT2D eigenvalue weighted by Crippen LogP contribution is -1.98. The summed E-state index contributed by atoms with van der Waals surface area (Å²) in [6, 6.07) is 35.4. The fraction of sp³-hybridized carbons (Fsp3) is 0.188. The number of fused-ring (bicyclic) bond motifs is 1. The van der Waals surface area contributed by atoms with Crippen molar-refractivity contribution in [3.63, 3.8) is 0 Å². The van der Waals surface area contributed by atoms with Gasteiger partial charge in [-0.25, -0.2) is 0 Å². The van der Waals surface area contributed by atoms with Gasteiger partial charge in [0, 0.05) is 26.1 Å². The molecule has 0 N–H and O–H groups in total. The maximum Gasteiger partial charge on any atom is 0.0434 e. The third-order valence-electron chi connectivity index (χ3n) is 6.48. The van der Waals surface area contributed by atoms with Crippen LogP contribution in [-0.2, 0) is 0 Å². The van der Waals surface area contributed by atoms with Crippen LogP contribution in [0.1, 0.15) is 50.7 Å². The van der Waals surface area contributed by atoms with E-state index in [1.54, 1.807) is 0 Å². The van der Waals surface area contributed by atoms with Gasteiger partial charge in [-0.05, 0) is 39.7 Å². The van der Waals surface area contributed by atoms with Gasteiger partial charge in [-0.15, -0.1) is 11.3 Å². The second-order valence-electron chi connectivity index (χ2n) is 9.34. The van der Waals surface area contributed by atoms with Crippen LogP contribution in [0, 0.1) is 0 Å². The quantitative estimate of drug-likeness (QED) is 0.252. The molecular formula is C32H30S. The van der Waals surface area contributed by atoms with Gasteiger partial charge in [-0.2, -0.15) is 0 Å². The summed E-state index contributed by atoms with van der Waals surface area (Å²) in [4.78, 5) is 2.75. The molecule has 5 rings (SSSR count). The van der Waals surface area contributed by atoms with Gasteiger partial charge < -0.3 is 0 Å². The Morgan fingerprint density at radius 3 is 1.61 bits per heavy atom. The second-order valence-corrected chi connectivity index (χ2v) is 10.4. The summed E-state index contributed by atoms with van der Waals surface area (Å²) < 4.78 is 0. The number of hydrogen-bond donors (Lipinski definition) is 0. The molecule has 0 saturated carbocycles. The van der Waals surface area contributed by atoms with Crippen LogP contribution in [-0.4, -0.2) is 0 Å². The summed E-state index contributed by atoms with van der Waals surface area (Å²) in [5.41, 5.74) is 8.18. The maximum atomic E-state index is 2.32. The molecule has 0 radical (unpaired) electrons. The van der Waals surface area contributed by atoms with Crippen LogP contribution >= 0.6 is 11.3 Å². The SMILES string of the molecule is CC(C)c1cccc(C(C)C)c1-c1sc(-c2ccccc2-c2ccccc2)c2ccccc12. The van der Waals surface area contributed by atoms with Crippen molar-refractivity contribution in [3.8, 4) is 32.0 Å². The second kappa shape index (κ2) is 9.00. The molecule has 0 aliphatic heterocycles. The molecule has 0 atom stereocenters. The molecule has 1 aromatic heterocycles. The average Bonchev–Trinajstić information content (AvgIpc) is 3.23. The van der Waals surface area contributed by atoms with Crippen LogP contribution in [0.3, 0.4) is 0 Å². The van der Waals surface area contributed by atoms with E-state index in [9.17, 15) is 0 Å². The van der Waals surface area contributed by atoms with E-state index in [1.165, 1.54) is 53.9 Å². The van der Waals surface area contributed by atoms with E-state index in [-0.39, 0.29) is 0 Å². The Labute approximate surface area is 201 Å². The fourth-order valence-corrected chi connectivity index (χ4v) is 6.25. The predicted octanol–water partition coefficient (Wildman–Crippen LogP) is 10.1. The summed E-state index contributed by atoms with van der Waals surface area (Å²) in [7, 11) is 0. The van der Waals surface area contributed by atoms with Gasteiger partial charge in [0.25, 0.3) is 0 Å². The lowest BCUT2D eigenvalue weighted by Gasteiger charge is -2.19. The summed E-state index contributed by atoms with van der Waals surface area (Å²) >= 11 is 1.95. The molecule has 0 saturated heterocycles. The van der Waals surface area contributed by atoms with Crippen LogP contribution in [0.4, 0.5) is 0 Å². The Balaban J connectivity index is 1.83. The number of hydrogen-bond acceptors (Lipinski definition) is 1. The summed E-state index contributed by atoms with van der Waals surface area (Å²) in [5.74, 6) is 0.944. The lowest BCUT2D eigenvalue weighted by atomic mass is 9.87. The van der Waals surface area contributed by atoms with E-state index in [2.05, 4.69) is 125 Å². The molecule has 164 valence electrons. The minimum atomic E-state index is 0.472. The molecule has 1 heterocycles. The largest absolute Gasteiger partial charge is 0.134 e. The van der Waals surface area contributed by atoms with Crippen molar-refractivity contribution in [1.82, 2.24) is 0 Å². The van der Waals surface area contributed by atoms with Gasteiger partial charge in [0.2, 0.25) is 0 Å². The van der Waals surface area contributed by atoms with Gasteiger partial charge >= 0.3 is 0 Å². The molecule has 33 heavy (non-hydrogen) atoms. The highest BCUT2D eigenvalue weighted by Gasteiger charge is 2.22. The topological polar surface area (TPSA) is 0 Å². The Morgan fingerprint density at radius 1 is 0.485 bits per heavy atom. The van der Waals surface area contributed by atoms with Gasteiger partial charge in [0.1, 0.15) is 0 Å². The van der Waals surface area contributed by atoms with E-state index < -0.39 is 0 Å². The minimum absolute atomic E-state index is 0.472. The van der Waals surface area contributed by atoms with E-state index >= 15 is 0 Å². The first-order valence-corrected chi connectivity index (χ1v) is 12.7. The highest BCUT2D eigenvalue weighted by atomic mass is 32.1. The first-order valence-electron chi connectivity index (χ1n) is 11.9. The first-order chi connectivity index (χ1) is 16.1. The third-order valence-corrected chi connectivity index (χ3v) is 7.75. The highest BCUT2D eigenvalue weighted by Crippen LogP contribution is 2.49. The fourth-order valence-electron chi connectivity index (χ4n) is 4.84. The van der Waals surface area contributed by atoms with Crippen molar-refractivity contribution < 1.29 is 0 Å². The van der Waals surface area contributed by atoms with Gasteiger partial charge in [-0.3, -0.25) is 0 Å². The lowest BCUT2D eigenvalue weighted by molar-refractivity contribution is 0.839. The zero-order valence-electron chi connectivity index (χ0n) is 19.8. The Hall–Kier alpha value is -3.16. The molecule has 0 amide bonds. The van der Waals surface area contributed by atoms with E-state index in [0.717, 1.165) is 0 Å². The van der Waals surface area contributed by atoms with E-state index in [0.29, 0.717) is 11.8 Å². The summed E-state index contributed by atoms with van der Waals surface area (Å²) in [6.45, 7) is 9.24. The zero-order valence-corrected chi connectivity index (χ0v) is 20.6. The van der Waals surface area contributed by atoms with Gasteiger partial charge in [-0.1, -0.05) is 125 Å². The zero-order chi connectivity index (χ0) is 22.9. The highest BCUT2D eigenvalue weighted by molar-refractivity contribution is 7.21. The smallest absolute Gasteiger partial charge is 0.0434 e. The van der Waals surface area contributed by atoms with E-state index in [1.807, 2.05) is 11.3 Å². The Bertz CT molecular complexity index is 1380. The Morgan fingerprint density at radius 2 is 1.00 bits per heavy atom. The number of benzene rings is 4. The molecule has 1 heteroatoms. The van der Waals surface area contributed by atoms with Crippen molar-refractivity contribution in [2.24, 2.45) is 0 Å². The standard InChI is InChI=1S/C32H30S/c1-21(2)24-19-12-20-25(22(3)4)30(24)32-29-18-11-10-17-28(29)31(33-32)27-16-9-8-15-26(27)23-13-6-5-7-14-23/h5-22H,1-4H3. The predicted molar refractivity (Wildman–Crippen MR) is 146 cm³/mol. The number of rotatable bonds is 5. The van der Waals surface area contributed by atoms with Crippen LogP contribution in [0.5, 0.6) is 0 Å². The van der Waals surface area contributed by atoms with Crippen molar-refractivity contribution in [2.75, 3.05) is 0 Å². The molecule has 0 spiro atoms. The molecule has 0 aliphatic rings. The summed E-state index contributed by atoms with van der Waals surface area (Å²) in [5, 5.41) is 2.70. The first kappa shape index (κ1) is 21.7. The molecule has 0 unspecified atom stereocenters. The van der Waals surface area contributed by atoms with Gasteiger partial charge in [0.15, 0.2) is 0 Å². The Kier molecular flexibility index (Phi) is 5.91. The number of thiophene rings is 1. The van der Waals surface area contributed by atoms with Crippen molar-refractivity contribution in [2.45, 2.75) is 39.5 Å². The molecule has 0 nitrogen and oxygen atoms in total. The van der Waals surface area contributed by atoms with Crippen LogP contribution in [0.25, 0.3) is 42.8 Å². The minimum Gasteiger partial charge on any atom is -0.134 e. The summed E-state index contributed by atoms with van der Waals surface area (Å²) in [6.07, 6.45) is 0. The van der Waals surface area contributed by atoms with Crippen molar-refractivity contribution in [3.05, 3.63) is 108 Å². The van der Waals surface area contributed by atoms with Crippen molar-refractivity contribution in [1.29, 1.82) is 0 Å². The average molecular weight is 447 g/mol. The molecule has 0 bridgehead atoms. The van der Waals surface area contributed by atoms with Gasteiger partial charge in [0.05, 0.1) is 0 Å². The third kappa shape index (κ3) is 3.92. The molecule has 0 aliphatic carbocycles. The molecule has 4 aromatic carbocycles. The van der Waals surface area contributed by atoms with Crippen molar-refractivity contribution >= 4 is 22.1 Å². The van der Waals surface area contributed by atoms with E-state index in [4.69, 9.17) is 0 Å². The molecular weight excluding hydrogens is 416 g/mol. The maximum absolute atomic E-state index is 2.32. The normalized spacial score (nSPS) is 11.6. The van der Waals surface area contributed by atoms with Crippen LogP contribution in [0.2, 0.25) is 0 Å². The molecule has 0 fully saturated rings. The van der Waals surface area contributed by atoms with Crippen LogP contribution in [0.15, 0.2) is 97.1 Å². The monoisotopic (exact) mass is 446 g/mol. The molecule has 5 aromatic rings. The van der Waals surface area contributed by atoms with Crippen LogP contribution < -0.4 is 0 Å².